The molecule has 2 nitrogen and oxygen atoms in total. The van der Waals surface area contributed by atoms with Crippen molar-refractivity contribution >= 4 is 0 Å². The molecule has 110 valence electrons. The molecular formula is C19H23NO. The smallest absolute Gasteiger partial charge is 0.131 e. The maximum absolute atomic E-state index is 6.12. The van der Waals surface area contributed by atoms with Gasteiger partial charge in [-0.2, -0.15) is 0 Å². The van der Waals surface area contributed by atoms with Crippen molar-refractivity contribution < 1.29 is 4.74 Å². The molecule has 0 heterocycles. The molecular weight excluding hydrogens is 258 g/mol. The van der Waals surface area contributed by atoms with E-state index < -0.39 is 0 Å². The first-order valence-corrected chi connectivity index (χ1v) is 7.84. The second-order valence-corrected chi connectivity index (χ2v) is 5.87. The second-order valence-electron chi connectivity index (χ2n) is 5.87. The lowest BCUT2D eigenvalue weighted by molar-refractivity contribution is 0.471. The maximum atomic E-state index is 6.12. The number of hydrogen-bond donors (Lipinski definition) is 1. The van der Waals surface area contributed by atoms with Crippen LogP contribution < -0.4 is 10.1 Å². The van der Waals surface area contributed by atoms with Gasteiger partial charge >= 0.3 is 0 Å². The quantitative estimate of drug-likeness (QED) is 0.835. The van der Waals surface area contributed by atoms with E-state index in [0.717, 1.165) is 24.5 Å². The molecule has 2 heteroatoms. The molecule has 1 saturated carbocycles. The van der Waals surface area contributed by atoms with E-state index in [9.17, 15) is 0 Å². The zero-order chi connectivity index (χ0) is 14.7. The molecule has 0 spiro atoms. The van der Waals surface area contributed by atoms with Crippen molar-refractivity contribution in [2.45, 2.75) is 45.7 Å². The van der Waals surface area contributed by atoms with Gasteiger partial charge in [-0.25, -0.2) is 0 Å². The lowest BCUT2D eigenvalue weighted by atomic mass is 10.1. The number of rotatable bonds is 6. The zero-order valence-corrected chi connectivity index (χ0v) is 12.9. The molecule has 0 bridgehead atoms. The number of nitrogens with one attached hydrogen (secondary N) is 1. The molecule has 0 unspecified atom stereocenters. The standard InChI is InChI=1S/C19H23NO/c1-3-15-5-4-6-18(12-15)21-19-10-7-14(2)11-16(19)13-20-17-8-9-17/h4-7,10-12,17,20H,3,8-9,13H2,1-2H3. The molecule has 21 heavy (non-hydrogen) atoms. The summed E-state index contributed by atoms with van der Waals surface area (Å²) < 4.78 is 6.12. The van der Waals surface area contributed by atoms with Crippen molar-refractivity contribution in [3.8, 4) is 11.5 Å². The van der Waals surface area contributed by atoms with Crippen LogP contribution in [0.25, 0.3) is 0 Å². The summed E-state index contributed by atoms with van der Waals surface area (Å²) in [6.45, 7) is 5.17. The Hall–Kier alpha value is -1.80. The molecule has 0 radical (unpaired) electrons. The highest BCUT2D eigenvalue weighted by atomic mass is 16.5. The van der Waals surface area contributed by atoms with Gasteiger partial charge in [-0.3, -0.25) is 0 Å². The van der Waals surface area contributed by atoms with Gasteiger partial charge in [-0.1, -0.05) is 36.8 Å². The Bertz CT molecular complexity index is 617. The summed E-state index contributed by atoms with van der Waals surface area (Å²) >= 11 is 0. The highest BCUT2D eigenvalue weighted by molar-refractivity contribution is 5.41. The molecule has 0 saturated heterocycles. The summed E-state index contributed by atoms with van der Waals surface area (Å²) in [6.07, 6.45) is 3.64. The fourth-order valence-corrected chi connectivity index (χ4v) is 2.44. The third kappa shape index (κ3) is 3.85. The van der Waals surface area contributed by atoms with E-state index in [-0.39, 0.29) is 0 Å². The Kier molecular flexibility index (Phi) is 4.26. The fraction of sp³-hybridized carbons (Fsp3) is 0.368. The van der Waals surface area contributed by atoms with E-state index >= 15 is 0 Å². The summed E-state index contributed by atoms with van der Waals surface area (Å²) in [5.74, 6) is 1.88. The fourth-order valence-electron chi connectivity index (χ4n) is 2.44. The number of hydrogen-bond acceptors (Lipinski definition) is 2. The Labute approximate surface area is 127 Å². The van der Waals surface area contributed by atoms with Gasteiger partial charge < -0.3 is 10.1 Å². The van der Waals surface area contributed by atoms with Gasteiger partial charge in [-0.05, 0) is 49.9 Å². The Morgan fingerprint density at radius 3 is 2.76 bits per heavy atom. The van der Waals surface area contributed by atoms with Crippen LogP contribution in [0, 0.1) is 6.92 Å². The van der Waals surface area contributed by atoms with Crippen LogP contribution in [0.3, 0.4) is 0 Å². The maximum Gasteiger partial charge on any atom is 0.131 e. The Morgan fingerprint density at radius 1 is 1.14 bits per heavy atom. The highest BCUT2D eigenvalue weighted by Gasteiger charge is 2.20. The first-order valence-electron chi connectivity index (χ1n) is 7.84. The first kappa shape index (κ1) is 14.2. The molecule has 1 aliphatic rings. The van der Waals surface area contributed by atoms with E-state index in [1.54, 1.807) is 0 Å². The number of benzene rings is 2. The van der Waals surface area contributed by atoms with Crippen molar-refractivity contribution in [2.24, 2.45) is 0 Å². The lowest BCUT2D eigenvalue weighted by Gasteiger charge is -2.13. The van der Waals surface area contributed by atoms with Crippen LogP contribution in [0.4, 0.5) is 0 Å². The van der Waals surface area contributed by atoms with Gasteiger partial charge in [0, 0.05) is 18.2 Å². The summed E-state index contributed by atoms with van der Waals surface area (Å²) in [5, 5.41) is 3.57. The summed E-state index contributed by atoms with van der Waals surface area (Å²) in [5.41, 5.74) is 3.82. The SMILES string of the molecule is CCc1cccc(Oc2ccc(C)cc2CNC2CC2)c1. The van der Waals surface area contributed by atoms with Crippen molar-refractivity contribution in [1.82, 2.24) is 5.32 Å². The molecule has 1 aliphatic carbocycles. The van der Waals surface area contributed by atoms with Crippen LogP contribution in [0.1, 0.15) is 36.5 Å². The average molecular weight is 281 g/mol. The van der Waals surface area contributed by atoms with Crippen LogP contribution in [0.15, 0.2) is 42.5 Å². The van der Waals surface area contributed by atoms with Crippen molar-refractivity contribution in [3.63, 3.8) is 0 Å². The zero-order valence-electron chi connectivity index (χ0n) is 12.9. The highest BCUT2D eigenvalue weighted by Crippen LogP contribution is 2.28. The van der Waals surface area contributed by atoms with Crippen LogP contribution in [0.5, 0.6) is 11.5 Å². The minimum absolute atomic E-state index is 0.710. The molecule has 2 aromatic carbocycles. The van der Waals surface area contributed by atoms with Gasteiger partial charge in [-0.15, -0.1) is 0 Å². The van der Waals surface area contributed by atoms with Gasteiger partial charge in [0.1, 0.15) is 11.5 Å². The van der Waals surface area contributed by atoms with Gasteiger partial charge in [0.05, 0.1) is 0 Å². The normalized spacial score (nSPS) is 14.2. The number of aryl methyl sites for hydroxylation is 2. The van der Waals surface area contributed by atoms with Crippen molar-refractivity contribution in [2.75, 3.05) is 0 Å². The first-order chi connectivity index (χ1) is 10.2. The van der Waals surface area contributed by atoms with Gasteiger partial charge in [0.2, 0.25) is 0 Å². The Balaban J connectivity index is 1.79. The van der Waals surface area contributed by atoms with Crippen LogP contribution in [0.2, 0.25) is 0 Å². The predicted molar refractivity (Wildman–Crippen MR) is 86.9 cm³/mol. The minimum atomic E-state index is 0.710. The second kappa shape index (κ2) is 6.31. The molecule has 0 aromatic heterocycles. The summed E-state index contributed by atoms with van der Waals surface area (Å²) in [6, 6.07) is 15.5. The van der Waals surface area contributed by atoms with E-state index in [0.29, 0.717) is 6.04 Å². The molecule has 2 aromatic rings. The predicted octanol–water partition coefficient (Wildman–Crippen LogP) is 4.60. The largest absolute Gasteiger partial charge is 0.457 e. The monoisotopic (exact) mass is 281 g/mol. The van der Waals surface area contributed by atoms with Gasteiger partial charge in [0.15, 0.2) is 0 Å². The molecule has 1 N–H and O–H groups in total. The van der Waals surface area contributed by atoms with Crippen LogP contribution >= 0.6 is 0 Å². The van der Waals surface area contributed by atoms with Crippen molar-refractivity contribution in [3.05, 3.63) is 59.2 Å². The molecule has 0 aliphatic heterocycles. The molecule has 3 rings (SSSR count). The third-order valence-electron chi connectivity index (χ3n) is 3.91. The van der Waals surface area contributed by atoms with Crippen molar-refractivity contribution in [1.29, 1.82) is 0 Å². The lowest BCUT2D eigenvalue weighted by Crippen LogP contribution is -2.15. The summed E-state index contributed by atoms with van der Waals surface area (Å²) in [7, 11) is 0. The third-order valence-corrected chi connectivity index (χ3v) is 3.91. The van der Waals surface area contributed by atoms with E-state index in [4.69, 9.17) is 4.74 Å². The topological polar surface area (TPSA) is 21.3 Å². The van der Waals surface area contributed by atoms with E-state index in [1.165, 1.54) is 29.5 Å². The molecule has 0 atom stereocenters. The van der Waals surface area contributed by atoms with Crippen LogP contribution in [-0.4, -0.2) is 6.04 Å². The molecule has 1 fully saturated rings. The molecule has 0 amide bonds. The Morgan fingerprint density at radius 2 is 2.00 bits per heavy atom. The number of ether oxygens (including phenoxy) is 1. The average Bonchev–Trinajstić information content (AvgIpc) is 3.32. The van der Waals surface area contributed by atoms with Crippen LogP contribution in [-0.2, 0) is 13.0 Å². The van der Waals surface area contributed by atoms with E-state index in [2.05, 4.69) is 55.6 Å². The minimum Gasteiger partial charge on any atom is -0.457 e. The summed E-state index contributed by atoms with van der Waals surface area (Å²) in [4.78, 5) is 0. The van der Waals surface area contributed by atoms with E-state index in [1.807, 2.05) is 6.07 Å². The van der Waals surface area contributed by atoms with Gasteiger partial charge in [0.25, 0.3) is 0 Å².